The number of halogens is 3. The van der Waals surface area contributed by atoms with Gasteiger partial charge < -0.3 is 14.8 Å². The first-order valence-electron chi connectivity index (χ1n) is 5.61. The summed E-state index contributed by atoms with van der Waals surface area (Å²) in [6.45, 7) is 2.34. The van der Waals surface area contributed by atoms with E-state index < -0.39 is 36.0 Å². The molecule has 114 valence electrons. The van der Waals surface area contributed by atoms with E-state index >= 15 is 0 Å². The van der Waals surface area contributed by atoms with Crippen LogP contribution in [0.5, 0.6) is 0 Å². The highest BCUT2D eigenvalue weighted by Crippen LogP contribution is 2.21. The Morgan fingerprint density at radius 3 is 2.10 bits per heavy atom. The van der Waals surface area contributed by atoms with E-state index in [1.165, 1.54) is 6.92 Å². The minimum Gasteiger partial charge on any atom is -0.465 e. The van der Waals surface area contributed by atoms with Crippen molar-refractivity contribution in [2.24, 2.45) is 0 Å². The van der Waals surface area contributed by atoms with Crippen LogP contribution in [0.25, 0.3) is 0 Å². The van der Waals surface area contributed by atoms with Gasteiger partial charge >= 0.3 is 18.1 Å². The highest BCUT2D eigenvalue weighted by atomic mass is 19.4. The van der Waals surface area contributed by atoms with Crippen molar-refractivity contribution in [2.45, 2.75) is 20.0 Å². The summed E-state index contributed by atoms with van der Waals surface area (Å²) in [4.78, 5) is 33.2. The molecule has 0 aromatic heterocycles. The van der Waals surface area contributed by atoms with Crippen molar-refractivity contribution < 1.29 is 37.0 Å². The molecule has 0 saturated carbocycles. The summed E-state index contributed by atoms with van der Waals surface area (Å²) in [6, 6.07) is 0. The molecule has 9 heteroatoms. The molecule has 6 nitrogen and oxygen atoms in total. The molecule has 0 atom stereocenters. The van der Waals surface area contributed by atoms with Gasteiger partial charge in [-0.2, -0.15) is 13.2 Å². The third-order valence-corrected chi connectivity index (χ3v) is 1.80. The molecule has 0 fully saturated rings. The Bertz CT molecular complexity index is 403. The summed E-state index contributed by atoms with van der Waals surface area (Å²) in [5.41, 5.74) is -1.23. The number of hydrogen-bond acceptors (Lipinski definition) is 6. The molecular formula is C11H14F3NO5. The molecule has 0 heterocycles. The molecule has 0 spiro atoms. The molecule has 0 bridgehead atoms. The summed E-state index contributed by atoms with van der Waals surface area (Å²) in [7, 11) is 0. The van der Waals surface area contributed by atoms with Crippen LogP contribution in [0.1, 0.15) is 13.8 Å². The van der Waals surface area contributed by atoms with Crippen molar-refractivity contribution in [3.63, 3.8) is 0 Å². The predicted molar refractivity (Wildman–Crippen MR) is 60.4 cm³/mol. The number of esters is 2. The number of Topliss-reactive ketones (excluding diaryl/α,β-unsaturated/α-hetero) is 1. The average molecular weight is 297 g/mol. The predicted octanol–water partition coefficient (Wildman–Crippen LogP) is 0.718. The molecule has 0 radical (unpaired) electrons. The van der Waals surface area contributed by atoms with Crippen LogP contribution in [0.2, 0.25) is 0 Å². The van der Waals surface area contributed by atoms with Crippen LogP contribution < -0.4 is 5.32 Å². The fourth-order valence-electron chi connectivity index (χ4n) is 1.03. The number of ether oxygens (including phenoxy) is 2. The molecule has 0 amide bonds. The van der Waals surface area contributed by atoms with Gasteiger partial charge in [-0.25, -0.2) is 4.79 Å². The summed E-state index contributed by atoms with van der Waals surface area (Å²) in [6.07, 6.45) is -4.73. The third kappa shape index (κ3) is 6.21. The monoisotopic (exact) mass is 297 g/mol. The summed E-state index contributed by atoms with van der Waals surface area (Å²) in [5, 5.41) is 2.10. The number of carbonyl (C=O) groups excluding carboxylic acids is 3. The number of alkyl halides is 3. The molecule has 0 aromatic carbocycles. The number of nitrogens with one attached hydrogen (secondary N) is 1. The molecule has 0 aliphatic carbocycles. The maximum absolute atomic E-state index is 12.3. The Hall–Kier alpha value is -2.06. The first-order valence-corrected chi connectivity index (χ1v) is 5.61. The van der Waals surface area contributed by atoms with Crippen molar-refractivity contribution >= 4 is 17.7 Å². The lowest BCUT2D eigenvalue weighted by molar-refractivity contribution is -0.168. The summed E-state index contributed by atoms with van der Waals surface area (Å²) in [5.74, 6) is -4.52. The van der Waals surface area contributed by atoms with Crippen LogP contribution in [-0.2, 0) is 23.9 Å². The molecule has 0 unspecified atom stereocenters. The molecule has 1 N–H and O–H groups in total. The van der Waals surface area contributed by atoms with Gasteiger partial charge in [0, 0.05) is 6.20 Å². The van der Waals surface area contributed by atoms with E-state index in [1.54, 1.807) is 6.92 Å². The van der Waals surface area contributed by atoms with Crippen molar-refractivity contribution in [3.05, 3.63) is 11.8 Å². The average Bonchev–Trinajstić information content (AvgIpc) is 2.33. The van der Waals surface area contributed by atoms with Gasteiger partial charge in [-0.3, -0.25) is 9.59 Å². The van der Waals surface area contributed by atoms with Gasteiger partial charge in [0.15, 0.2) is 0 Å². The minimum absolute atomic E-state index is 0.0937. The Morgan fingerprint density at radius 2 is 1.65 bits per heavy atom. The quantitative estimate of drug-likeness (QED) is 0.323. The lowest BCUT2D eigenvalue weighted by Gasteiger charge is -2.09. The Labute approximate surface area is 112 Å². The zero-order valence-electron chi connectivity index (χ0n) is 10.9. The Morgan fingerprint density at radius 1 is 1.10 bits per heavy atom. The lowest BCUT2D eigenvalue weighted by atomic mass is 10.2. The fraction of sp³-hybridized carbons (Fsp3) is 0.545. The lowest BCUT2D eigenvalue weighted by Crippen LogP contribution is -2.31. The van der Waals surface area contributed by atoms with E-state index in [0.717, 1.165) is 0 Å². The summed E-state index contributed by atoms with van der Waals surface area (Å²) < 4.78 is 45.7. The first kappa shape index (κ1) is 17.9. The number of ketones is 1. The molecule has 0 rings (SSSR count). The van der Waals surface area contributed by atoms with E-state index in [0.29, 0.717) is 6.20 Å². The molecule has 0 aliphatic heterocycles. The zero-order valence-corrected chi connectivity index (χ0v) is 10.9. The highest BCUT2D eigenvalue weighted by molar-refractivity contribution is 6.19. The molecule has 20 heavy (non-hydrogen) atoms. The maximum atomic E-state index is 12.3. The van der Waals surface area contributed by atoms with Gasteiger partial charge in [0.25, 0.3) is 5.78 Å². The smallest absolute Gasteiger partial charge is 0.455 e. The minimum atomic E-state index is -5.22. The van der Waals surface area contributed by atoms with Crippen molar-refractivity contribution in [1.29, 1.82) is 0 Å². The Balaban J connectivity index is 4.90. The maximum Gasteiger partial charge on any atom is 0.455 e. The number of carbonyl (C=O) groups is 3. The van der Waals surface area contributed by atoms with Crippen molar-refractivity contribution in [3.8, 4) is 0 Å². The fourth-order valence-corrected chi connectivity index (χ4v) is 1.03. The zero-order chi connectivity index (χ0) is 15.8. The van der Waals surface area contributed by atoms with Crippen LogP contribution >= 0.6 is 0 Å². The second kappa shape index (κ2) is 8.18. The number of rotatable bonds is 7. The van der Waals surface area contributed by atoms with Crippen LogP contribution in [0.4, 0.5) is 13.2 Å². The molecular weight excluding hydrogens is 283 g/mol. The topological polar surface area (TPSA) is 81.7 Å². The van der Waals surface area contributed by atoms with E-state index in [9.17, 15) is 27.6 Å². The molecule has 0 aromatic rings. The van der Waals surface area contributed by atoms with E-state index in [-0.39, 0.29) is 13.2 Å². The van der Waals surface area contributed by atoms with E-state index in [4.69, 9.17) is 0 Å². The standard InChI is InChI=1S/C11H14F3NO5/c1-3-19-8(16)6-15-5-7(10(18)20-4-2)9(17)11(12,13)14/h5,15H,3-4,6H2,1-2H3/b7-5-. The van der Waals surface area contributed by atoms with Gasteiger partial charge in [0.1, 0.15) is 12.1 Å². The van der Waals surface area contributed by atoms with Crippen molar-refractivity contribution in [1.82, 2.24) is 5.32 Å². The van der Waals surface area contributed by atoms with Gasteiger partial charge in [0.2, 0.25) is 0 Å². The van der Waals surface area contributed by atoms with Gasteiger partial charge in [-0.15, -0.1) is 0 Å². The molecule has 0 aliphatic rings. The van der Waals surface area contributed by atoms with Crippen LogP contribution in [0.3, 0.4) is 0 Å². The first-order chi connectivity index (χ1) is 9.23. The van der Waals surface area contributed by atoms with Crippen LogP contribution in [0, 0.1) is 0 Å². The largest absolute Gasteiger partial charge is 0.465 e. The van der Waals surface area contributed by atoms with E-state index in [1.807, 2.05) is 0 Å². The van der Waals surface area contributed by atoms with Crippen LogP contribution in [0.15, 0.2) is 11.8 Å². The normalized spacial score (nSPS) is 11.8. The third-order valence-electron chi connectivity index (χ3n) is 1.80. The van der Waals surface area contributed by atoms with Gasteiger partial charge in [0.05, 0.1) is 13.2 Å². The number of hydrogen-bond donors (Lipinski definition) is 1. The van der Waals surface area contributed by atoms with Crippen molar-refractivity contribution in [2.75, 3.05) is 19.8 Å². The van der Waals surface area contributed by atoms with E-state index in [2.05, 4.69) is 14.8 Å². The summed E-state index contributed by atoms with van der Waals surface area (Å²) >= 11 is 0. The second-order valence-electron chi connectivity index (χ2n) is 3.29. The second-order valence-corrected chi connectivity index (χ2v) is 3.29. The highest BCUT2D eigenvalue weighted by Gasteiger charge is 2.43. The van der Waals surface area contributed by atoms with Gasteiger partial charge in [-0.05, 0) is 13.8 Å². The SMILES string of the molecule is CCOC(=O)CN/C=C(\C(=O)OCC)C(=O)C(F)(F)F. The Kier molecular flexibility index (Phi) is 7.34. The van der Waals surface area contributed by atoms with Crippen LogP contribution in [-0.4, -0.2) is 43.7 Å². The molecule has 0 saturated heterocycles. The van der Waals surface area contributed by atoms with Gasteiger partial charge in [-0.1, -0.05) is 0 Å².